The third-order valence-corrected chi connectivity index (χ3v) is 5.36. The molecule has 1 saturated heterocycles. The minimum Gasteiger partial charge on any atom is -0.497 e. The van der Waals surface area contributed by atoms with E-state index in [-0.39, 0.29) is 6.10 Å². The summed E-state index contributed by atoms with van der Waals surface area (Å²) in [5.74, 6) is 0.909. The molecule has 1 N–H and O–H groups in total. The maximum absolute atomic E-state index is 6.03. The fourth-order valence-electron chi connectivity index (χ4n) is 3.97. The summed E-state index contributed by atoms with van der Waals surface area (Å²) in [6, 6.07) is 17.5. The Kier molecular flexibility index (Phi) is 4.90. The molecule has 0 radical (unpaired) electrons. The van der Waals surface area contributed by atoms with Gasteiger partial charge in [-0.25, -0.2) is 0 Å². The third kappa shape index (κ3) is 3.51. The van der Waals surface area contributed by atoms with E-state index in [1.807, 2.05) is 12.1 Å². The summed E-state index contributed by atoms with van der Waals surface area (Å²) in [7, 11) is 1.71. The molecule has 2 aliphatic heterocycles. The molecule has 0 amide bonds. The Morgan fingerprint density at radius 1 is 1.12 bits per heavy atom. The lowest BCUT2D eigenvalue weighted by molar-refractivity contribution is 0.0569. The molecule has 0 saturated carbocycles. The van der Waals surface area contributed by atoms with Crippen LogP contribution >= 0.6 is 0 Å². The van der Waals surface area contributed by atoms with E-state index in [1.165, 1.54) is 16.8 Å². The smallest absolute Gasteiger partial charge is 0.119 e. The molecule has 2 atom stereocenters. The van der Waals surface area contributed by atoms with Gasteiger partial charge in [0, 0.05) is 31.4 Å². The molecule has 4 heteroatoms. The predicted molar refractivity (Wildman–Crippen MR) is 100 cm³/mol. The maximum atomic E-state index is 6.03. The molecule has 0 aromatic heterocycles. The molecule has 0 spiro atoms. The van der Waals surface area contributed by atoms with E-state index in [9.17, 15) is 0 Å². The molecule has 2 heterocycles. The van der Waals surface area contributed by atoms with Crippen LogP contribution in [0.5, 0.6) is 5.75 Å². The molecule has 4 nitrogen and oxygen atoms in total. The molecule has 0 aliphatic carbocycles. The van der Waals surface area contributed by atoms with Crippen molar-refractivity contribution in [1.82, 2.24) is 5.32 Å². The summed E-state index contributed by atoms with van der Waals surface area (Å²) >= 11 is 0. The van der Waals surface area contributed by atoms with Gasteiger partial charge in [-0.3, -0.25) is 0 Å². The number of hydrogen-bond acceptors (Lipinski definition) is 4. The number of methoxy groups -OCH3 is 1. The largest absolute Gasteiger partial charge is 0.497 e. The molecule has 132 valence electrons. The van der Waals surface area contributed by atoms with Crippen LogP contribution in [0.2, 0.25) is 0 Å². The number of nitrogens with zero attached hydrogens (tertiary/aromatic N) is 1. The lowest BCUT2D eigenvalue weighted by Gasteiger charge is -2.38. The predicted octanol–water partition coefficient (Wildman–Crippen LogP) is 3.53. The number of nitrogens with one attached hydrogen (secondary N) is 1. The Hall–Kier alpha value is -2.04. The second-order valence-corrected chi connectivity index (χ2v) is 6.83. The highest BCUT2D eigenvalue weighted by atomic mass is 16.5. The number of hydrogen-bond donors (Lipinski definition) is 1. The minimum atomic E-state index is 0.246. The Bertz CT molecular complexity index is 701. The van der Waals surface area contributed by atoms with Crippen LogP contribution in [0.25, 0.3) is 0 Å². The van der Waals surface area contributed by atoms with Gasteiger partial charge in [-0.15, -0.1) is 0 Å². The molecular weight excluding hydrogens is 312 g/mol. The molecule has 4 rings (SSSR count). The lowest BCUT2D eigenvalue weighted by atomic mass is 9.98. The summed E-state index contributed by atoms with van der Waals surface area (Å²) < 4.78 is 11.3. The van der Waals surface area contributed by atoms with Crippen LogP contribution in [0, 0.1) is 0 Å². The standard InChI is InChI=1S/C21H26N2O2/c1-24-19-9-6-17(7-10-19)23-13-12-22-14-18(23)8-11-21-20-5-3-2-4-16(20)15-25-21/h2-7,9-10,18,21-22H,8,11-15H2,1H3. The van der Waals surface area contributed by atoms with Crippen LogP contribution in [-0.4, -0.2) is 32.8 Å². The zero-order valence-corrected chi connectivity index (χ0v) is 14.8. The van der Waals surface area contributed by atoms with Gasteiger partial charge in [-0.05, 0) is 48.2 Å². The van der Waals surface area contributed by atoms with Crippen molar-refractivity contribution < 1.29 is 9.47 Å². The quantitative estimate of drug-likeness (QED) is 0.904. The second kappa shape index (κ2) is 7.46. The molecule has 25 heavy (non-hydrogen) atoms. The highest BCUT2D eigenvalue weighted by Gasteiger charge is 2.27. The Morgan fingerprint density at radius 3 is 2.80 bits per heavy atom. The average molecular weight is 338 g/mol. The van der Waals surface area contributed by atoms with Crippen molar-refractivity contribution in [2.24, 2.45) is 0 Å². The summed E-state index contributed by atoms with van der Waals surface area (Å²) in [6.45, 7) is 3.86. The summed E-state index contributed by atoms with van der Waals surface area (Å²) in [5.41, 5.74) is 4.00. The van der Waals surface area contributed by atoms with Gasteiger partial charge in [0.25, 0.3) is 0 Å². The second-order valence-electron chi connectivity index (χ2n) is 6.83. The van der Waals surface area contributed by atoms with Crippen molar-refractivity contribution in [3.8, 4) is 5.75 Å². The number of anilines is 1. The van der Waals surface area contributed by atoms with Crippen LogP contribution in [0.15, 0.2) is 48.5 Å². The van der Waals surface area contributed by atoms with Crippen molar-refractivity contribution in [2.45, 2.75) is 31.6 Å². The first-order chi connectivity index (χ1) is 12.3. The molecule has 2 aliphatic rings. The van der Waals surface area contributed by atoms with Gasteiger partial charge in [-0.2, -0.15) is 0 Å². The Morgan fingerprint density at radius 2 is 1.96 bits per heavy atom. The first-order valence-corrected chi connectivity index (χ1v) is 9.16. The topological polar surface area (TPSA) is 33.7 Å². The number of fused-ring (bicyclic) bond motifs is 1. The normalized spacial score (nSPS) is 22.7. The highest BCUT2D eigenvalue weighted by molar-refractivity contribution is 5.50. The van der Waals surface area contributed by atoms with Crippen LogP contribution < -0.4 is 15.0 Å². The average Bonchev–Trinajstić information content (AvgIpc) is 3.10. The van der Waals surface area contributed by atoms with Crippen molar-refractivity contribution in [3.63, 3.8) is 0 Å². The summed E-state index contributed by atoms with van der Waals surface area (Å²) in [5, 5.41) is 3.54. The highest BCUT2D eigenvalue weighted by Crippen LogP contribution is 2.35. The van der Waals surface area contributed by atoms with Crippen LogP contribution in [0.3, 0.4) is 0 Å². The van der Waals surface area contributed by atoms with E-state index in [4.69, 9.17) is 9.47 Å². The first-order valence-electron chi connectivity index (χ1n) is 9.16. The van der Waals surface area contributed by atoms with E-state index in [1.54, 1.807) is 7.11 Å². The molecular formula is C21H26N2O2. The van der Waals surface area contributed by atoms with Gasteiger partial charge >= 0.3 is 0 Å². The maximum Gasteiger partial charge on any atom is 0.119 e. The summed E-state index contributed by atoms with van der Waals surface area (Å²) in [4.78, 5) is 2.52. The molecule has 2 aromatic carbocycles. The first kappa shape index (κ1) is 16.4. The van der Waals surface area contributed by atoms with Gasteiger partial charge in [0.2, 0.25) is 0 Å². The van der Waals surface area contributed by atoms with Crippen LogP contribution in [0.4, 0.5) is 5.69 Å². The monoisotopic (exact) mass is 338 g/mol. The number of ether oxygens (including phenoxy) is 2. The van der Waals surface area contributed by atoms with E-state index in [0.29, 0.717) is 6.04 Å². The van der Waals surface area contributed by atoms with Crippen molar-refractivity contribution >= 4 is 5.69 Å². The van der Waals surface area contributed by atoms with E-state index in [0.717, 1.165) is 44.8 Å². The van der Waals surface area contributed by atoms with Gasteiger partial charge < -0.3 is 19.7 Å². The zero-order valence-electron chi connectivity index (χ0n) is 14.8. The van der Waals surface area contributed by atoms with E-state index >= 15 is 0 Å². The minimum absolute atomic E-state index is 0.246. The fraction of sp³-hybridized carbons (Fsp3) is 0.429. The van der Waals surface area contributed by atoms with Gasteiger partial charge in [-0.1, -0.05) is 24.3 Å². The Labute approximate surface area is 149 Å². The summed E-state index contributed by atoms with van der Waals surface area (Å²) in [6.07, 6.45) is 2.43. The molecule has 2 aromatic rings. The van der Waals surface area contributed by atoms with Crippen molar-refractivity contribution in [1.29, 1.82) is 0 Å². The number of piperazine rings is 1. The lowest BCUT2D eigenvalue weighted by Crippen LogP contribution is -2.51. The molecule has 2 unspecified atom stereocenters. The SMILES string of the molecule is COc1ccc(N2CCNCC2CCC2OCc3ccccc32)cc1. The zero-order chi connectivity index (χ0) is 17.1. The molecule has 1 fully saturated rings. The number of benzene rings is 2. The third-order valence-electron chi connectivity index (χ3n) is 5.36. The van der Waals surface area contributed by atoms with Crippen LogP contribution in [-0.2, 0) is 11.3 Å². The Balaban J connectivity index is 1.43. The van der Waals surface area contributed by atoms with E-state index < -0.39 is 0 Å². The van der Waals surface area contributed by atoms with Crippen molar-refractivity contribution in [2.75, 3.05) is 31.6 Å². The van der Waals surface area contributed by atoms with Gasteiger partial charge in [0.15, 0.2) is 0 Å². The number of rotatable bonds is 5. The van der Waals surface area contributed by atoms with Crippen LogP contribution in [0.1, 0.15) is 30.1 Å². The van der Waals surface area contributed by atoms with Gasteiger partial charge in [0.1, 0.15) is 5.75 Å². The van der Waals surface area contributed by atoms with Gasteiger partial charge in [0.05, 0.1) is 19.8 Å². The van der Waals surface area contributed by atoms with E-state index in [2.05, 4.69) is 46.6 Å². The fourth-order valence-corrected chi connectivity index (χ4v) is 3.97. The van der Waals surface area contributed by atoms with Crippen molar-refractivity contribution in [3.05, 3.63) is 59.7 Å². The molecule has 0 bridgehead atoms.